The van der Waals surface area contributed by atoms with E-state index in [9.17, 15) is 4.79 Å². The van der Waals surface area contributed by atoms with Crippen LogP contribution in [0.2, 0.25) is 0 Å². The quantitative estimate of drug-likeness (QED) is 0.743. The Bertz CT molecular complexity index is 278. The van der Waals surface area contributed by atoms with Gasteiger partial charge in [0.05, 0.1) is 6.07 Å². The Kier molecular flexibility index (Phi) is 4.79. The third-order valence-electron chi connectivity index (χ3n) is 3.59. The summed E-state index contributed by atoms with van der Waals surface area (Å²) in [5.41, 5.74) is 0.136. The molecule has 0 spiro atoms. The van der Waals surface area contributed by atoms with E-state index >= 15 is 0 Å². The van der Waals surface area contributed by atoms with Crippen LogP contribution in [0.5, 0.6) is 0 Å². The smallest absolute Gasteiger partial charge is 0.223 e. The largest absolute Gasteiger partial charge is 0.356 e. The van der Waals surface area contributed by atoms with Gasteiger partial charge in [-0.2, -0.15) is 5.26 Å². The van der Waals surface area contributed by atoms with Gasteiger partial charge >= 0.3 is 0 Å². The average molecular weight is 222 g/mol. The third-order valence-corrected chi connectivity index (χ3v) is 3.59. The maximum absolute atomic E-state index is 12.0. The van der Waals surface area contributed by atoms with Crippen molar-refractivity contribution >= 4 is 5.91 Å². The summed E-state index contributed by atoms with van der Waals surface area (Å²) in [5, 5.41) is 11.4. The second-order valence-electron chi connectivity index (χ2n) is 5.34. The summed E-state index contributed by atoms with van der Waals surface area (Å²) in [4.78, 5) is 12.0. The van der Waals surface area contributed by atoms with E-state index in [2.05, 4.69) is 25.2 Å². The molecule has 1 saturated carbocycles. The summed E-state index contributed by atoms with van der Waals surface area (Å²) in [7, 11) is 0. The normalized spacial score (nSPS) is 23.4. The van der Waals surface area contributed by atoms with Gasteiger partial charge in [0, 0.05) is 18.9 Å². The molecule has 1 aliphatic carbocycles. The molecule has 1 rings (SSSR count). The molecule has 1 fully saturated rings. The molecule has 90 valence electrons. The van der Waals surface area contributed by atoms with Crippen molar-refractivity contribution in [2.75, 3.05) is 6.54 Å². The van der Waals surface area contributed by atoms with Crippen LogP contribution in [-0.4, -0.2) is 12.5 Å². The fourth-order valence-corrected chi connectivity index (χ4v) is 2.48. The maximum Gasteiger partial charge on any atom is 0.223 e. The first-order valence-electron chi connectivity index (χ1n) is 6.22. The van der Waals surface area contributed by atoms with Crippen molar-refractivity contribution in [2.24, 2.45) is 11.3 Å². The molecule has 1 unspecified atom stereocenters. The van der Waals surface area contributed by atoms with Crippen LogP contribution < -0.4 is 5.32 Å². The Labute approximate surface area is 98.2 Å². The molecule has 0 aromatic rings. The summed E-state index contributed by atoms with van der Waals surface area (Å²) in [6, 6.07) is 2.09. The molecular formula is C13H22N2O. The van der Waals surface area contributed by atoms with Crippen molar-refractivity contribution in [3.63, 3.8) is 0 Å². The fourth-order valence-electron chi connectivity index (χ4n) is 2.48. The van der Waals surface area contributed by atoms with E-state index in [4.69, 9.17) is 5.26 Å². The van der Waals surface area contributed by atoms with Gasteiger partial charge in [0.1, 0.15) is 0 Å². The summed E-state index contributed by atoms with van der Waals surface area (Å²) in [6.45, 7) is 5.01. The first-order valence-corrected chi connectivity index (χ1v) is 6.22. The number of amides is 1. The number of nitrogens with one attached hydrogen (secondary N) is 1. The van der Waals surface area contributed by atoms with Crippen molar-refractivity contribution in [1.82, 2.24) is 5.32 Å². The number of carbonyl (C=O) groups is 1. The highest BCUT2D eigenvalue weighted by atomic mass is 16.1. The molecule has 1 amide bonds. The number of hydrogen-bond donors (Lipinski definition) is 1. The zero-order valence-corrected chi connectivity index (χ0v) is 10.4. The predicted octanol–water partition coefficient (Wildman–Crippen LogP) is 2.62. The van der Waals surface area contributed by atoms with Gasteiger partial charge in [0.15, 0.2) is 0 Å². The van der Waals surface area contributed by atoms with E-state index in [1.54, 1.807) is 0 Å². The number of unbranched alkanes of at least 4 members (excludes halogenated alkanes) is 1. The lowest BCUT2D eigenvalue weighted by Gasteiger charge is -2.37. The van der Waals surface area contributed by atoms with Crippen LogP contribution in [0, 0.1) is 22.7 Å². The van der Waals surface area contributed by atoms with Crippen LogP contribution in [0.3, 0.4) is 0 Å². The second kappa shape index (κ2) is 5.89. The SMILES string of the molecule is CC1(C)CCCCC1C(=O)NCCCC#N. The molecule has 1 aliphatic rings. The molecule has 0 bridgehead atoms. The van der Waals surface area contributed by atoms with Crippen LogP contribution in [0.15, 0.2) is 0 Å². The van der Waals surface area contributed by atoms with Gasteiger partial charge < -0.3 is 5.32 Å². The highest BCUT2D eigenvalue weighted by Crippen LogP contribution is 2.40. The Morgan fingerprint density at radius 1 is 1.50 bits per heavy atom. The van der Waals surface area contributed by atoms with E-state index in [-0.39, 0.29) is 17.2 Å². The average Bonchev–Trinajstić information content (AvgIpc) is 2.23. The number of rotatable bonds is 4. The van der Waals surface area contributed by atoms with E-state index < -0.39 is 0 Å². The van der Waals surface area contributed by atoms with Crippen molar-refractivity contribution < 1.29 is 4.79 Å². The molecule has 0 aromatic heterocycles. The van der Waals surface area contributed by atoms with Gasteiger partial charge in [0.2, 0.25) is 5.91 Å². The summed E-state index contributed by atoms with van der Waals surface area (Å²) in [6.07, 6.45) is 5.84. The highest BCUT2D eigenvalue weighted by Gasteiger charge is 2.36. The molecule has 0 saturated heterocycles. The lowest BCUT2D eigenvalue weighted by atomic mass is 9.68. The first kappa shape index (κ1) is 13.0. The Hall–Kier alpha value is -1.04. The van der Waals surface area contributed by atoms with Crippen molar-refractivity contribution in [3.8, 4) is 6.07 Å². The minimum absolute atomic E-state index is 0.136. The summed E-state index contributed by atoms with van der Waals surface area (Å²) in [5.74, 6) is 0.339. The Morgan fingerprint density at radius 3 is 2.88 bits per heavy atom. The minimum Gasteiger partial charge on any atom is -0.356 e. The molecule has 0 heterocycles. The van der Waals surface area contributed by atoms with Gasteiger partial charge in [-0.1, -0.05) is 26.7 Å². The van der Waals surface area contributed by atoms with Crippen LogP contribution in [0.1, 0.15) is 52.4 Å². The Morgan fingerprint density at radius 2 is 2.25 bits per heavy atom. The number of hydrogen-bond acceptors (Lipinski definition) is 2. The van der Waals surface area contributed by atoms with Crippen LogP contribution >= 0.6 is 0 Å². The van der Waals surface area contributed by atoms with Crippen LogP contribution in [-0.2, 0) is 4.79 Å². The van der Waals surface area contributed by atoms with Crippen molar-refractivity contribution in [2.45, 2.75) is 52.4 Å². The van der Waals surface area contributed by atoms with E-state index in [0.717, 1.165) is 19.3 Å². The zero-order valence-electron chi connectivity index (χ0n) is 10.4. The zero-order chi connectivity index (χ0) is 12.0. The van der Waals surface area contributed by atoms with Crippen LogP contribution in [0.4, 0.5) is 0 Å². The monoisotopic (exact) mass is 222 g/mol. The number of carbonyl (C=O) groups excluding carboxylic acids is 1. The number of nitrogens with zero attached hydrogens (tertiary/aromatic N) is 1. The molecular weight excluding hydrogens is 200 g/mol. The number of nitriles is 1. The van der Waals surface area contributed by atoms with E-state index in [0.29, 0.717) is 13.0 Å². The topological polar surface area (TPSA) is 52.9 Å². The summed E-state index contributed by atoms with van der Waals surface area (Å²) < 4.78 is 0. The van der Waals surface area contributed by atoms with E-state index in [1.165, 1.54) is 12.8 Å². The second-order valence-corrected chi connectivity index (χ2v) is 5.34. The molecule has 3 nitrogen and oxygen atoms in total. The molecule has 0 aliphatic heterocycles. The fraction of sp³-hybridized carbons (Fsp3) is 0.846. The molecule has 1 atom stereocenters. The van der Waals surface area contributed by atoms with Gasteiger partial charge in [0.25, 0.3) is 0 Å². The van der Waals surface area contributed by atoms with Crippen molar-refractivity contribution in [1.29, 1.82) is 5.26 Å². The molecule has 3 heteroatoms. The summed E-state index contributed by atoms with van der Waals surface area (Å²) >= 11 is 0. The van der Waals surface area contributed by atoms with E-state index in [1.807, 2.05) is 0 Å². The molecule has 16 heavy (non-hydrogen) atoms. The van der Waals surface area contributed by atoms with Crippen molar-refractivity contribution in [3.05, 3.63) is 0 Å². The van der Waals surface area contributed by atoms with Gasteiger partial charge in [-0.3, -0.25) is 4.79 Å². The van der Waals surface area contributed by atoms with Gasteiger partial charge in [-0.25, -0.2) is 0 Å². The molecule has 0 radical (unpaired) electrons. The molecule has 0 aromatic carbocycles. The lowest BCUT2D eigenvalue weighted by molar-refractivity contribution is -0.130. The molecule has 1 N–H and O–H groups in total. The van der Waals surface area contributed by atoms with Gasteiger partial charge in [-0.05, 0) is 24.7 Å². The van der Waals surface area contributed by atoms with Crippen LogP contribution in [0.25, 0.3) is 0 Å². The predicted molar refractivity (Wildman–Crippen MR) is 63.6 cm³/mol. The Balaban J connectivity index is 2.37. The standard InChI is InChI=1S/C13H22N2O/c1-13(2)8-4-3-7-11(13)12(16)15-10-6-5-9-14/h11H,3-8,10H2,1-2H3,(H,15,16). The highest BCUT2D eigenvalue weighted by molar-refractivity contribution is 5.79. The van der Waals surface area contributed by atoms with Gasteiger partial charge in [-0.15, -0.1) is 0 Å². The maximum atomic E-state index is 12.0. The minimum atomic E-state index is 0.136. The third kappa shape index (κ3) is 3.52. The lowest BCUT2D eigenvalue weighted by Crippen LogP contribution is -2.41. The first-order chi connectivity index (χ1) is 7.58.